The van der Waals surface area contributed by atoms with E-state index in [-0.39, 0.29) is 37.3 Å². The number of sulfonamides is 2. The summed E-state index contributed by atoms with van der Waals surface area (Å²) in [7, 11) is -8.09. The molecule has 30 heteroatoms. The van der Waals surface area contributed by atoms with Gasteiger partial charge in [-0.15, -0.1) is 23.5 Å². The van der Waals surface area contributed by atoms with Crippen molar-refractivity contribution in [1.29, 1.82) is 0 Å². The molecule has 6 N–H and O–H groups in total. The topological polar surface area (TPSA) is 347 Å². The smallest absolute Gasteiger partial charge is 0.341 e. The second-order valence-corrected chi connectivity index (χ2v) is 25.6. The van der Waals surface area contributed by atoms with Crippen LogP contribution in [0.15, 0.2) is 60.7 Å². The molecule has 5 heterocycles. The number of carboxylic acids is 2. The maximum absolute atomic E-state index is 15.2. The molecule has 0 aromatic heterocycles. The van der Waals surface area contributed by atoms with E-state index in [2.05, 4.69) is 21.3 Å². The lowest BCUT2D eigenvalue weighted by molar-refractivity contribution is -0.163. The Morgan fingerprint density at radius 1 is 0.639 bits per heavy atom. The van der Waals surface area contributed by atoms with Gasteiger partial charge in [0.05, 0.1) is 38.7 Å². The number of thioether (sulfide) groups is 2. The summed E-state index contributed by atoms with van der Waals surface area (Å²) in [4.78, 5) is 140. The lowest BCUT2D eigenvalue weighted by Crippen LogP contribution is -2.73. The molecule has 5 aliphatic rings. The van der Waals surface area contributed by atoms with Gasteiger partial charge in [-0.25, -0.2) is 64.0 Å². The van der Waals surface area contributed by atoms with E-state index in [9.17, 15) is 70.2 Å². The zero-order valence-corrected chi connectivity index (χ0v) is 42.4. The number of fused-ring (bicyclic) bond motifs is 1. The van der Waals surface area contributed by atoms with Gasteiger partial charge in [0.2, 0.25) is 43.7 Å². The Balaban J connectivity index is 1.13. The number of aliphatic carboxylic acids is 2. The number of hydrogen-bond donors (Lipinski definition) is 6. The van der Waals surface area contributed by atoms with E-state index in [4.69, 9.17) is 0 Å². The van der Waals surface area contributed by atoms with E-state index in [1.165, 1.54) is 50.2 Å². The Bertz CT molecular complexity index is 2860. The van der Waals surface area contributed by atoms with Gasteiger partial charge in [0, 0.05) is 9.49 Å². The van der Waals surface area contributed by atoms with Crippen LogP contribution in [0, 0.1) is 0 Å². The number of benzene rings is 2. The Morgan fingerprint density at radius 2 is 1.08 bits per heavy atom. The highest BCUT2D eigenvalue weighted by molar-refractivity contribution is 8.02. The second-order valence-electron chi connectivity index (χ2n) is 18.3. The molecule has 0 saturated carbocycles. The van der Waals surface area contributed by atoms with Crippen molar-refractivity contribution in [2.75, 3.05) is 38.7 Å². The number of amides is 12. The Kier molecular flexibility index (Phi) is 14.3. The van der Waals surface area contributed by atoms with Crippen LogP contribution in [-0.2, 0) is 48.8 Å². The Morgan fingerprint density at radius 3 is 1.50 bits per heavy atom. The zero-order chi connectivity index (χ0) is 53.2. The third-order valence-electron chi connectivity index (χ3n) is 12.5. The molecule has 72 heavy (non-hydrogen) atoms. The summed E-state index contributed by atoms with van der Waals surface area (Å²) in [5.41, 5.74) is 0.301. The van der Waals surface area contributed by atoms with Crippen LogP contribution in [0.25, 0.3) is 0 Å². The van der Waals surface area contributed by atoms with Gasteiger partial charge in [0.25, 0.3) is 0 Å². The fourth-order valence-corrected chi connectivity index (χ4v) is 14.0. The zero-order valence-electron chi connectivity index (χ0n) is 39.1. The van der Waals surface area contributed by atoms with Crippen LogP contribution in [0.3, 0.4) is 0 Å². The van der Waals surface area contributed by atoms with Gasteiger partial charge >= 0.3 is 36.1 Å². The van der Waals surface area contributed by atoms with Crippen LogP contribution in [-0.4, -0.2) is 198 Å². The summed E-state index contributed by atoms with van der Waals surface area (Å²) in [6.07, 6.45) is 1.56. The van der Waals surface area contributed by atoms with E-state index in [0.29, 0.717) is 18.4 Å². The maximum Gasteiger partial charge on any atom is 0.341 e. The third-order valence-corrected chi connectivity index (χ3v) is 17.9. The number of carbonyl (C=O) groups excluding carboxylic acids is 8. The van der Waals surface area contributed by atoms with Crippen molar-refractivity contribution < 1.29 is 75.0 Å². The number of carboxylic acid groups (broad SMARTS) is 2. The minimum atomic E-state index is -4.07. The highest BCUT2D eigenvalue weighted by Gasteiger charge is 2.67. The molecule has 0 spiro atoms. The average Bonchev–Trinajstić information content (AvgIpc) is 4.03. The predicted molar refractivity (Wildman–Crippen MR) is 254 cm³/mol. The molecule has 0 radical (unpaired) electrons. The summed E-state index contributed by atoms with van der Waals surface area (Å²) in [6, 6.07) is 0.453. The average molecular weight is 1080 g/mol. The summed E-state index contributed by atoms with van der Waals surface area (Å²) in [5.74, 6) is -7.23. The van der Waals surface area contributed by atoms with Crippen molar-refractivity contribution >= 4 is 103 Å². The first-order chi connectivity index (χ1) is 33.5. The highest BCUT2D eigenvalue weighted by atomic mass is 32.2. The van der Waals surface area contributed by atoms with Gasteiger partial charge in [0.15, 0.2) is 6.04 Å². The van der Waals surface area contributed by atoms with Crippen LogP contribution >= 0.6 is 23.5 Å². The number of rotatable bonds is 14. The molecule has 26 nitrogen and oxygen atoms in total. The fourth-order valence-electron chi connectivity index (χ4n) is 9.15. The minimum absolute atomic E-state index is 0.0867. The molecule has 0 bridgehead atoms. The summed E-state index contributed by atoms with van der Waals surface area (Å²) < 4.78 is 46.7. The molecular formula is C42H50N10O16S4. The number of urea groups is 4. The molecule has 5 saturated heterocycles. The van der Waals surface area contributed by atoms with Gasteiger partial charge < -0.3 is 41.3 Å². The number of β-lactam (4-membered cyclic amide) rings is 1. The molecule has 2 aromatic carbocycles. The molecule has 5 aliphatic heterocycles. The summed E-state index contributed by atoms with van der Waals surface area (Å²) in [6.45, 7) is 4.64. The quantitative estimate of drug-likeness (QED) is 0.130. The molecule has 7 rings (SSSR count). The SMILES string of the molecule is CC1(C)S[C@@H]2[C@H](NC(=O)[C@H](NC(=O)N3CCN(S(C)(=O)=O)C3=O)c3ccccc3)C(=O)N2[C@H]1C(=O)N1[C@H]([C@H](NC(=O)[C@@H](NC(=O)N2CCN(S(C)(=O)=O)C2=O)c2ccccc2)C(=O)O)SC(C)(C)[C@H]1C(=O)O. The Labute approximate surface area is 420 Å². The molecule has 2 aromatic rings. The second kappa shape index (κ2) is 19.4. The standard InChI is InChI=1S/C42H50N10O16S4/c1-41(2)27(51-31(55)25(33(51)69-41)43-29(53)23(21-13-9-7-10-14-21)45-37(61)47-17-19-49(39(47)63)71(5,65)66)32(56)52-28(36(59)60)42(3,4)70-34(52)26(35(57)58)44-30(54)24(22-15-11-8-12-16-22)46-38(62)48-18-20-50(40(48)64)72(6,67)68/h7-16,23-28,33-34H,17-20H2,1-6H3,(H,43,53)(H,44,54)(H,45,61)(H,46,62)(H,57,58)(H,59,60)/t23-,24+,25-,26+,27+,28-,33-,34+/m1/s1. The van der Waals surface area contributed by atoms with Crippen molar-refractivity contribution in [2.24, 2.45) is 0 Å². The first-order valence-corrected chi connectivity index (χ1v) is 27.3. The number of carbonyl (C=O) groups is 10. The van der Waals surface area contributed by atoms with Crippen molar-refractivity contribution in [3.63, 3.8) is 0 Å². The summed E-state index contributed by atoms with van der Waals surface area (Å²) in [5, 5.41) is 28.5. The normalized spacial score (nSPS) is 24.8. The molecule has 0 aliphatic carbocycles. The highest BCUT2D eigenvalue weighted by Crippen LogP contribution is 2.54. The van der Waals surface area contributed by atoms with Crippen molar-refractivity contribution in [3.05, 3.63) is 71.8 Å². The number of nitrogens with zero attached hydrogens (tertiary/aromatic N) is 6. The number of imide groups is 2. The lowest BCUT2D eigenvalue weighted by atomic mass is 9.92. The van der Waals surface area contributed by atoms with Crippen LogP contribution in [0.4, 0.5) is 19.2 Å². The summed E-state index contributed by atoms with van der Waals surface area (Å²) >= 11 is 1.80. The maximum atomic E-state index is 15.2. The van der Waals surface area contributed by atoms with Crippen LogP contribution in [0.2, 0.25) is 0 Å². The minimum Gasteiger partial charge on any atom is -0.480 e. The van der Waals surface area contributed by atoms with E-state index >= 15 is 4.79 Å². The van der Waals surface area contributed by atoms with Gasteiger partial charge in [-0.05, 0) is 38.8 Å². The van der Waals surface area contributed by atoms with Crippen molar-refractivity contribution in [2.45, 2.75) is 84.2 Å². The largest absolute Gasteiger partial charge is 0.480 e. The van der Waals surface area contributed by atoms with Gasteiger partial charge in [-0.2, -0.15) is 0 Å². The monoisotopic (exact) mass is 1080 g/mol. The van der Waals surface area contributed by atoms with Gasteiger partial charge in [0.1, 0.15) is 41.0 Å². The van der Waals surface area contributed by atoms with Crippen LogP contribution in [0.1, 0.15) is 50.9 Å². The molecule has 5 fully saturated rings. The fraction of sp³-hybridized carbons (Fsp3) is 0.476. The molecule has 388 valence electrons. The van der Waals surface area contributed by atoms with Crippen LogP contribution < -0.4 is 21.3 Å². The first-order valence-electron chi connectivity index (χ1n) is 21.8. The first kappa shape index (κ1) is 53.1. The van der Waals surface area contributed by atoms with E-state index in [1.807, 2.05) is 0 Å². The van der Waals surface area contributed by atoms with Gasteiger partial charge in [-0.3, -0.25) is 19.2 Å². The lowest BCUT2D eigenvalue weighted by Gasteiger charge is -2.46. The third kappa shape index (κ3) is 9.94. The molecular weight excluding hydrogens is 1030 g/mol. The van der Waals surface area contributed by atoms with Crippen molar-refractivity contribution in [3.8, 4) is 0 Å². The molecule has 12 amide bonds. The van der Waals surface area contributed by atoms with E-state index in [0.717, 1.165) is 45.8 Å². The van der Waals surface area contributed by atoms with Gasteiger partial charge in [-0.1, -0.05) is 60.7 Å². The number of hydrogen-bond acceptors (Lipinski definition) is 16. The Hall–Kier alpha value is -6.66. The van der Waals surface area contributed by atoms with E-state index < -0.39 is 136 Å². The number of nitrogens with one attached hydrogen (secondary N) is 4. The van der Waals surface area contributed by atoms with Crippen molar-refractivity contribution in [1.82, 2.24) is 49.5 Å². The molecule has 8 atom stereocenters. The predicted octanol–water partition coefficient (Wildman–Crippen LogP) is -0.468. The van der Waals surface area contributed by atoms with Crippen LogP contribution in [0.5, 0.6) is 0 Å². The molecule has 0 unspecified atom stereocenters. The van der Waals surface area contributed by atoms with E-state index in [1.54, 1.807) is 38.1 Å².